The molecule has 0 aromatic heterocycles. The van der Waals surface area contributed by atoms with Crippen molar-refractivity contribution in [1.82, 2.24) is 0 Å². The van der Waals surface area contributed by atoms with Crippen LogP contribution in [0.3, 0.4) is 0 Å². The molecular formula is C19H19ClO. The summed E-state index contributed by atoms with van der Waals surface area (Å²) < 4.78 is 5.89. The second-order valence-corrected chi connectivity index (χ2v) is 5.40. The molecule has 0 saturated carbocycles. The van der Waals surface area contributed by atoms with Crippen LogP contribution in [0, 0.1) is 32.6 Å². The number of ether oxygens (including phenoxy) is 1. The Labute approximate surface area is 131 Å². The lowest BCUT2D eigenvalue weighted by Crippen LogP contribution is -1.99. The number of benzene rings is 2. The first-order valence-corrected chi connectivity index (χ1v) is 7.48. The zero-order chi connectivity index (χ0) is 15.2. The minimum Gasteiger partial charge on any atom is -0.489 e. The van der Waals surface area contributed by atoms with Crippen molar-refractivity contribution in [2.75, 3.05) is 5.88 Å². The lowest BCUT2D eigenvalue weighted by molar-refractivity contribution is 0.305. The van der Waals surface area contributed by atoms with Crippen molar-refractivity contribution >= 4 is 11.6 Å². The summed E-state index contributed by atoms with van der Waals surface area (Å²) in [6, 6.07) is 12.4. The van der Waals surface area contributed by atoms with E-state index in [1.165, 1.54) is 16.7 Å². The predicted molar refractivity (Wildman–Crippen MR) is 89.0 cm³/mol. The summed E-state index contributed by atoms with van der Waals surface area (Å²) >= 11 is 5.58. The van der Waals surface area contributed by atoms with Gasteiger partial charge in [-0.2, -0.15) is 0 Å². The molecule has 0 atom stereocenters. The largest absolute Gasteiger partial charge is 0.489 e. The van der Waals surface area contributed by atoms with E-state index in [0.29, 0.717) is 12.5 Å². The molecule has 1 nitrogen and oxygen atoms in total. The Morgan fingerprint density at radius 3 is 2.52 bits per heavy atom. The lowest BCUT2D eigenvalue weighted by Gasteiger charge is -2.10. The normalized spacial score (nSPS) is 9.90. The van der Waals surface area contributed by atoms with Crippen molar-refractivity contribution in [3.8, 4) is 17.6 Å². The van der Waals surface area contributed by atoms with Crippen LogP contribution < -0.4 is 4.74 Å². The molecule has 108 valence electrons. The highest BCUT2D eigenvalue weighted by Crippen LogP contribution is 2.19. The zero-order valence-corrected chi connectivity index (χ0v) is 13.4. The second-order valence-electron chi connectivity index (χ2n) is 5.13. The first kappa shape index (κ1) is 15.5. The number of aryl methyl sites for hydroxylation is 3. The zero-order valence-electron chi connectivity index (χ0n) is 12.7. The molecule has 2 aromatic carbocycles. The average Bonchev–Trinajstić information content (AvgIpc) is 2.47. The van der Waals surface area contributed by atoms with Crippen LogP contribution in [-0.2, 0) is 6.61 Å². The molecule has 0 aliphatic heterocycles. The molecule has 2 aromatic rings. The van der Waals surface area contributed by atoms with Gasteiger partial charge in [0.05, 0.1) is 5.88 Å². The van der Waals surface area contributed by atoms with Gasteiger partial charge in [-0.1, -0.05) is 35.6 Å². The van der Waals surface area contributed by atoms with Crippen molar-refractivity contribution < 1.29 is 4.74 Å². The van der Waals surface area contributed by atoms with E-state index in [4.69, 9.17) is 16.3 Å². The molecule has 0 amide bonds. The third kappa shape index (κ3) is 4.28. The third-order valence-electron chi connectivity index (χ3n) is 3.39. The van der Waals surface area contributed by atoms with Gasteiger partial charge in [0.2, 0.25) is 0 Å². The number of rotatable bonds is 3. The topological polar surface area (TPSA) is 9.23 Å². The Kier molecular flexibility index (Phi) is 5.31. The Hall–Kier alpha value is -1.91. The summed E-state index contributed by atoms with van der Waals surface area (Å²) in [4.78, 5) is 0. The van der Waals surface area contributed by atoms with E-state index in [2.05, 4.69) is 43.9 Å². The molecule has 2 rings (SSSR count). The fourth-order valence-corrected chi connectivity index (χ4v) is 2.18. The molecule has 0 spiro atoms. The Morgan fingerprint density at radius 1 is 1.00 bits per heavy atom. The van der Waals surface area contributed by atoms with E-state index in [1.807, 2.05) is 25.1 Å². The molecule has 0 heterocycles. The number of hydrogen-bond acceptors (Lipinski definition) is 1. The Balaban J connectivity index is 2.10. The van der Waals surface area contributed by atoms with Gasteiger partial charge < -0.3 is 4.74 Å². The van der Waals surface area contributed by atoms with Gasteiger partial charge in [0.25, 0.3) is 0 Å². The third-order valence-corrected chi connectivity index (χ3v) is 3.52. The lowest BCUT2D eigenvalue weighted by atomic mass is 10.1. The quantitative estimate of drug-likeness (QED) is 0.585. The fourth-order valence-electron chi connectivity index (χ4n) is 2.11. The number of halogens is 1. The first-order chi connectivity index (χ1) is 10.1. The van der Waals surface area contributed by atoms with Crippen LogP contribution in [0.5, 0.6) is 5.75 Å². The molecule has 2 heteroatoms. The van der Waals surface area contributed by atoms with Crippen LogP contribution in [0.1, 0.15) is 27.8 Å². The average molecular weight is 299 g/mol. The Morgan fingerprint density at radius 2 is 1.81 bits per heavy atom. The highest BCUT2D eigenvalue weighted by molar-refractivity contribution is 6.19. The summed E-state index contributed by atoms with van der Waals surface area (Å²) in [5.41, 5.74) is 5.82. The molecule has 21 heavy (non-hydrogen) atoms. The molecule has 0 N–H and O–H groups in total. The van der Waals surface area contributed by atoms with E-state index >= 15 is 0 Å². The SMILES string of the molecule is Cc1ccc(C)c(COc2ccc(C#CCCl)c(C)c2)c1. The summed E-state index contributed by atoms with van der Waals surface area (Å²) in [5, 5.41) is 0. The van der Waals surface area contributed by atoms with Gasteiger partial charge >= 0.3 is 0 Å². The second kappa shape index (κ2) is 7.20. The van der Waals surface area contributed by atoms with Crippen molar-refractivity contribution in [3.05, 3.63) is 64.2 Å². The monoisotopic (exact) mass is 298 g/mol. The number of hydrogen-bond donors (Lipinski definition) is 0. The van der Waals surface area contributed by atoms with Crippen LogP contribution in [0.15, 0.2) is 36.4 Å². The van der Waals surface area contributed by atoms with Crippen LogP contribution in [0.4, 0.5) is 0 Å². The van der Waals surface area contributed by atoms with Crippen LogP contribution in [-0.4, -0.2) is 5.88 Å². The minimum atomic E-state index is 0.352. The maximum Gasteiger partial charge on any atom is 0.120 e. The summed E-state index contributed by atoms with van der Waals surface area (Å²) in [6.45, 7) is 6.81. The van der Waals surface area contributed by atoms with E-state index in [-0.39, 0.29) is 0 Å². The van der Waals surface area contributed by atoms with Crippen molar-refractivity contribution in [2.24, 2.45) is 0 Å². The molecule has 0 saturated heterocycles. The predicted octanol–water partition coefficient (Wildman–Crippen LogP) is 4.78. The molecule has 0 aliphatic rings. The van der Waals surface area contributed by atoms with Gasteiger partial charge in [-0.3, -0.25) is 0 Å². The van der Waals surface area contributed by atoms with E-state index in [9.17, 15) is 0 Å². The fraction of sp³-hybridized carbons (Fsp3) is 0.263. The van der Waals surface area contributed by atoms with Crippen molar-refractivity contribution in [2.45, 2.75) is 27.4 Å². The van der Waals surface area contributed by atoms with Crippen LogP contribution >= 0.6 is 11.6 Å². The van der Waals surface area contributed by atoms with E-state index in [1.54, 1.807) is 0 Å². The van der Waals surface area contributed by atoms with Crippen LogP contribution in [0.25, 0.3) is 0 Å². The van der Waals surface area contributed by atoms with Crippen LogP contribution in [0.2, 0.25) is 0 Å². The van der Waals surface area contributed by atoms with Gasteiger partial charge in [0.15, 0.2) is 0 Å². The maximum atomic E-state index is 5.89. The first-order valence-electron chi connectivity index (χ1n) is 6.94. The van der Waals surface area contributed by atoms with Crippen molar-refractivity contribution in [1.29, 1.82) is 0 Å². The molecule has 0 fully saturated rings. The number of alkyl halides is 1. The van der Waals surface area contributed by atoms with Gasteiger partial charge in [-0.15, -0.1) is 11.6 Å². The summed E-state index contributed by atoms with van der Waals surface area (Å²) in [7, 11) is 0. The molecule has 0 bridgehead atoms. The maximum absolute atomic E-state index is 5.89. The van der Waals surface area contributed by atoms with Gasteiger partial charge in [0.1, 0.15) is 12.4 Å². The highest BCUT2D eigenvalue weighted by atomic mass is 35.5. The highest BCUT2D eigenvalue weighted by Gasteiger charge is 2.02. The van der Waals surface area contributed by atoms with Gasteiger partial charge in [-0.25, -0.2) is 0 Å². The van der Waals surface area contributed by atoms with Gasteiger partial charge in [0, 0.05) is 5.56 Å². The standard InChI is InChI=1S/C19H19ClO/c1-14-6-7-15(2)18(11-14)13-21-19-9-8-17(5-4-10-20)16(3)12-19/h6-9,11-12H,10,13H2,1-3H3. The summed E-state index contributed by atoms with van der Waals surface area (Å²) in [5.74, 6) is 7.13. The Bertz CT molecular complexity index is 692. The molecule has 0 unspecified atom stereocenters. The summed E-state index contributed by atoms with van der Waals surface area (Å²) in [6.07, 6.45) is 0. The van der Waals surface area contributed by atoms with Crippen molar-refractivity contribution in [3.63, 3.8) is 0 Å². The van der Waals surface area contributed by atoms with Gasteiger partial charge in [-0.05, 0) is 55.7 Å². The molecular weight excluding hydrogens is 280 g/mol. The van der Waals surface area contributed by atoms with E-state index in [0.717, 1.165) is 16.9 Å². The molecule has 0 radical (unpaired) electrons. The minimum absolute atomic E-state index is 0.352. The molecule has 0 aliphatic carbocycles. The smallest absolute Gasteiger partial charge is 0.120 e. The van der Waals surface area contributed by atoms with E-state index < -0.39 is 0 Å².